The van der Waals surface area contributed by atoms with Gasteiger partial charge in [0.05, 0.1) is 0 Å². The Hall–Kier alpha value is -0.930. The Morgan fingerprint density at radius 3 is 2.56 bits per heavy atom. The molecule has 0 aromatic heterocycles. The van der Waals surface area contributed by atoms with E-state index in [1.165, 1.54) is 0 Å². The Labute approximate surface area is 54.8 Å². The second-order valence-electron chi connectivity index (χ2n) is 1.84. The van der Waals surface area contributed by atoms with Crippen molar-refractivity contribution in [3.05, 3.63) is 0 Å². The van der Waals surface area contributed by atoms with E-state index in [-0.39, 0.29) is 12.1 Å². The molecule has 0 fully saturated rings. The van der Waals surface area contributed by atoms with Crippen molar-refractivity contribution < 1.29 is 4.84 Å². The fourth-order valence-electron chi connectivity index (χ4n) is 0.225. The molecule has 0 aromatic rings. The standard InChI is InChI=1S/C5H13N3O/c1-3-4(2)9-8-5(6)7/h4H,3H2,1-2H3,(H4,6,7,8). The topological polar surface area (TPSA) is 73.6 Å². The first kappa shape index (κ1) is 8.07. The fourth-order valence-corrected chi connectivity index (χ4v) is 0.225. The smallest absolute Gasteiger partial charge is 0.228 e. The number of guanidine groups is 1. The maximum absolute atomic E-state index is 5.00. The van der Waals surface area contributed by atoms with Gasteiger partial charge in [0.25, 0.3) is 0 Å². The van der Waals surface area contributed by atoms with Crippen LogP contribution < -0.4 is 11.5 Å². The van der Waals surface area contributed by atoms with Gasteiger partial charge in [0, 0.05) is 0 Å². The summed E-state index contributed by atoms with van der Waals surface area (Å²) in [5.74, 6) is -0.0321. The van der Waals surface area contributed by atoms with E-state index in [2.05, 4.69) is 5.16 Å². The van der Waals surface area contributed by atoms with Crippen molar-refractivity contribution in [1.29, 1.82) is 0 Å². The van der Waals surface area contributed by atoms with Crippen LogP contribution in [0.4, 0.5) is 0 Å². The zero-order valence-electron chi connectivity index (χ0n) is 5.79. The molecule has 9 heavy (non-hydrogen) atoms. The van der Waals surface area contributed by atoms with Gasteiger partial charge in [0.15, 0.2) is 0 Å². The van der Waals surface area contributed by atoms with Crippen LogP contribution in [0.2, 0.25) is 0 Å². The molecule has 0 aliphatic heterocycles. The minimum absolute atomic E-state index is 0.0321. The van der Waals surface area contributed by atoms with Gasteiger partial charge >= 0.3 is 0 Å². The summed E-state index contributed by atoms with van der Waals surface area (Å²) in [6.07, 6.45) is 0.989. The molecule has 0 saturated heterocycles. The monoisotopic (exact) mass is 131 g/mol. The maximum Gasteiger partial charge on any atom is 0.228 e. The molecular weight excluding hydrogens is 118 g/mol. The minimum Gasteiger partial charge on any atom is -0.390 e. The summed E-state index contributed by atoms with van der Waals surface area (Å²) in [7, 11) is 0. The van der Waals surface area contributed by atoms with Gasteiger partial charge in [-0.25, -0.2) is 0 Å². The lowest BCUT2D eigenvalue weighted by molar-refractivity contribution is 0.0693. The Morgan fingerprint density at radius 2 is 2.22 bits per heavy atom. The zero-order chi connectivity index (χ0) is 7.28. The number of hydrogen-bond acceptors (Lipinski definition) is 2. The molecule has 0 radical (unpaired) electrons. The van der Waals surface area contributed by atoms with Gasteiger partial charge in [-0.05, 0) is 18.5 Å². The van der Waals surface area contributed by atoms with E-state index in [1.54, 1.807) is 0 Å². The third-order valence-corrected chi connectivity index (χ3v) is 0.913. The summed E-state index contributed by atoms with van der Waals surface area (Å²) in [5.41, 5.74) is 10.00. The van der Waals surface area contributed by atoms with E-state index in [0.29, 0.717) is 0 Å². The van der Waals surface area contributed by atoms with Crippen LogP contribution in [0.3, 0.4) is 0 Å². The van der Waals surface area contributed by atoms with Crippen molar-refractivity contribution in [1.82, 2.24) is 0 Å². The van der Waals surface area contributed by atoms with E-state index in [1.807, 2.05) is 13.8 Å². The Morgan fingerprint density at radius 1 is 1.67 bits per heavy atom. The van der Waals surface area contributed by atoms with Crippen molar-refractivity contribution in [2.45, 2.75) is 26.4 Å². The summed E-state index contributed by atoms with van der Waals surface area (Å²) < 4.78 is 0. The molecule has 4 nitrogen and oxygen atoms in total. The molecule has 0 amide bonds. The van der Waals surface area contributed by atoms with Crippen LogP contribution in [-0.4, -0.2) is 12.1 Å². The SMILES string of the molecule is CCC(C)ON=C(N)N. The number of rotatable bonds is 3. The molecular formula is C5H13N3O. The third-order valence-electron chi connectivity index (χ3n) is 0.913. The summed E-state index contributed by atoms with van der Waals surface area (Å²) >= 11 is 0. The summed E-state index contributed by atoms with van der Waals surface area (Å²) in [5, 5.41) is 3.37. The zero-order valence-corrected chi connectivity index (χ0v) is 5.79. The largest absolute Gasteiger partial charge is 0.390 e. The van der Waals surface area contributed by atoms with Crippen LogP contribution in [0.5, 0.6) is 0 Å². The van der Waals surface area contributed by atoms with Gasteiger partial charge in [-0.15, -0.1) is 0 Å². The van der Waals surface area contributed by atoms with Crippen LogP contribution in [0.15, 0.2) is 5.16 Å². The van der Waals surface area contributed by atoms with Gasteiger partial charge in [-0.3, -0.25) is 0 Å². The molecule has 0 saturated carbocycles. The number of oxime groups is 1. The summed E-state index contributed by atoms with van der Waals surface area (Å²) in [6.45, 7) is 3.89. The van der Waals surface area contributed by atoms with E-state index < -0.39 is 0 Å². The lowest BCUT2D eigenvalue weighted by atomic mass is 10.3. The number of nitrogens with two attached hydrogens (primary N) is 2. The Kier molecular flexibility index (Phi) is 3.59. The van der Waals surface area contributed by atoms with Crippen molar-refractivity contribution in [2.75, 3.05) is 0 Å². The molecule has 4 heteroatoms. The second-order valence-corrected chi connectivity index (χ2v) is 1.84. The van der Waals surface area contributed by atoms with Gasteiger partial charge in [0.2, 0.25) is 5.96 Å². The normalized spacial score (nSPS) is 12.2. The number of nitrogens with zero attached hydrogens (tertiary/aromatic N) is 1. The highest BCUT2D eigenvalue weighted by atomic mass is 16.6. The highest BCUT2D eigenvalue weighted by molar-refractivity contribution is 5.74. The van der Waals surface area contributed by atoms with Gasteiger partial charge < -0.3 is 16.3 Å². The van der Waals surface area contributed by atoms with Crippen molar-refractivity contribution in [3.63, 3.8) is 0 Å². The van der Waals surface area contributed by atoms with Crippen molar-refractivity contribution in [2.24, 2.45) is 16.6 Å². The van der Waals surface area contributed by atoms with Gasteiger partial charge in [-0.1, -0.05) is 6.92 Å². The predicted octanol–water partition coefficient (Wildman–Crippen LogP) is -0.0101. The molecule has 0 aliphatic rings. The van der Waals surface area contributed by atoms with Gasteiger partial charge in [0.1, 0.15) is 6.10 Å². The molecule has 0 bridgehead atoms. The second kappa shape index (κ2) is 4.00. The molecule has 4 N–H and O–H groups in total. The first-order valence-corrected chi connectivity index (χ1v) is 2.91. The van der Waals surface area contributed by atoms with Crippen molar-refractivity contribution in [3.8, 4) is 0 Å². The molecule has 0 aliphatic carbocycles. The highest BCUT2D eigenvalue weighted by Crippen LogP contribution is 1.94. The molecule has 1 atom stereocenters. The van der Waals surface area contributed by atoms with Crippen LogP contribution in [0.1, 0.15) is 20.3 Å². The maximum atomic E-state index is 5.00. The first-order valence-electron chi connectivity index (χ1n) is 2.91. The molecule has 0 spiro atoms. The average molecular weight is 131 g/mol. The van der Waals surface area contributed by atoms with E-state index in [4.69, 9.17) is 16.3 Å². The van der Waals surface area contributed by atoms with Crippen LogP contribution in [-0.2, 0) is 4.84 Å². The van der Waals surface area contributed by atoms with Crippen LogP contribution in [0, 0.1) is 0 Å². The predicted molar refractivity (Wildman–Crippen MR) is 36.6 cm³/mol. The van der Waals surface area contributed by atoms with Crippen molar-refractivity contribution >= 4 is 5.96 Å². The molecule has 0 rings (SSSR count). The summed E-state index contributed by atoms with van der Waals surface area (Å²) in [6, 6.07) is 0. The van der Waals surface area contributed by atoms with E-state index in [9.17, 15) is 0 Å². The fraction of sp³-hybridized carbons (Fsp3) is 0.800. The van der Waals surface area contributed by atoms with Gasteiger partial charge in [-0.2, -0.15) is 0 Å². The lowest BCUT2D eigenvalue weighted by Gasteiger charge is -2.04. The van der Waals surface area contributed by atoms with Crippen LogP contribution >= 0.6 is 0 Å². The molecule has 0 aromatic carbocycles. The first-order chi connectivity index (χ1) is 4.16. The van der Waals surface area contributed by atoms with E-state index >= 15 is 0 Å². The van der Waals surface area contributed by atoms with Crippen LogP contribution in [0.25, 0.3) is 0 Å². The minimum atomic E-state index is -0.0321. The highest BCUT2D eigenvalue weighted by Gasteiger charge is 1.94. The quantitative estimate of drug-likeness (QED) is 0.321. The van der Waals surface area contributed by atoms with E-state index in [0.717, 1.165) is 6.42 Å². The Bertz CT molecular complexity index is 98.4. The number of hydrogen-bond donors (Lipinski definition) is 2. The summed E-state index contributed by atoms with van der Waals surface area (Å²) in [4.78, 5) is 4.79. The third kappa shape index (κ3) is 4.93. The lowest BCUT2D eigenvalue weighted by Crippen LogP contribution is -2.23. The molecule has 54 valence electrons. The molecule has 0 heterocycles. The molecule has 1 unspecified atom stereocenters. The average Bonchev–Trinajstić information content (AvgIpc) is 1.83. The Balaban J connectivity index is 3.37.